The predicted molar refractivity (Wildman–Crippen MR) is 85.9 cm³/mol. The number of nitrogens with zero attached hydrogens (tertiary/aromatic N) is 1. The molecule has 3 aliphatic carbocycles. The van der Waals surface area contributed by atoms with Crippen LogP contribution in [-0.4, -0.2) is 37.1 Å². The highest BCUT2D eigenvalue weighted by atomic mass is 15.1. The van der Waals surface area contributed by atoms with Crippen LogP contribution in [0.3, 0.4) is 0 Å². The first-order chi connectivity index (χ1) is 9.65. The molecule has 0 atom stereocenters. The fourth-order valence-corrected chi connectivity index (χ4v) is 3.95. The van der Waals surface area contributed by atoms with Gasteiger partial charge in [0.25, 0.3) is 0 Å². The predicted octanol–water partition coefficient (Wildman–Crippen LogP) is 3.67. The van der Waals surface area contributed by atoms with E-state index in [-0.39, 0.29) is 0 Å². The molecule has 0 aromatic heterocycles. The second-order valence-corrected chi connectivity index (χ2v) is 8.32. The first-order valence-corrected chi connectivity index (χ1v) is 9.11. The SMILES string of the molecule is CC(C)NCC1(CN(CC2CC2)CC2CC2)CCCC1. The van der Waals surface area contributed by atoms with E-state index in [9.17, 15) is 0 Å². The maximum Gasteiger partial charge on any atom is 0.00504 e. The summed E-state index contributed by atoms with van der Waals surface area (Å²) in [4.78, 5) is 2.86. The molecule has 0 aromatic carbocycles. The number of nitrogens with one attached hydrogen (secondary N) is 1. The fourth-order valence-electron chi connectivity index (χ4n) is 3.95. The topological polar surface area (TPSA) is 15.3 Å². The highest BCUT2D eigenvalue weighted by Crippen LogP contribution is 2.41. The van der Waals surface area contributed by atoms with E-state index in [0.717, 1.165) is 11.8 Å². The Morgan fingerprint density at radius 3 is 2.00 bits per heavy atom. The van der Waals surface area contributed by atoms with Crippen molar-refractivity contribution in [1.29, 1.82) is 0 Å². The molecule has 3 saturated carbocycles. The van der Waals surface area contributed by atoms with E-state index >= 15 is 0 Å². The van der Waals surface area contributed by atoms with Crippen molar-refractivity contribution in [2.75, 3.05) is 26.2 Å². The molecule has 3 rings (SSSR count). The van der Waals surface area contributed by atoms with Crippen molar-refractivity contribution >= 4 is 0 Å². The van der Waals surface area contributed by atoms with Crippen LogP contribution in [0.5, 0.6) is 0 Å². The number of hydrogen-bond acceptors (Lipinski definition) is 2. The van der Waals surface area contributed by atoms with Crippen molar-refractivity contribution < 1.29 is 0 Å². The summed E-state index contributed by atoms with van der Waals surface area (Å²) in [5.41, 5.74) is 0.591. The van der Waals surface area contributed by atoms with Crippen molar-refractivity contribution in [3.05, 3.63) is 0 Å². The summed E-state index contributed by atoms with van der Waals surface area (Å²) < 4.78 is 0. The van der Waals surface area contributed by atoms with Gasteiger partial charge in [0.15, 0.2) is 0 Å². The Bertz CT molecular complexity index is 285. The molecule has 3 fully saturated rings. The lowest BCUT2D eigenvalue weighted by atomic mass is 9.85. The lowest BCUT2D eigenvalue weighted by Gasteiger charge is -2.36. The van der Waals surface area contributed by atoms with Gasteiger partial charge < -0.3 is 10.2 Å². The molecule has 0 spiro atoms. The van der Waals surface area contributed by atoms with E-state index in [0.29, 0.717) is 11.5 Å². The normalized spacial score (nSPS) is 25.8. The molecule has 0 heterocycles. The van der Waals surface area contributed by atoms with Gasteiger partial charge in [0, 0.05) is 32.2 Å². The van der Waals surface area contributed by atoms with Crippen LogP contribution in [0.1, 0.15) is 65.2 Å². The molecule has 0 unspecified atom stereocenters. The van der Waals surface area contributed by atoms with E-state index in [1.54, 1.807) is 0 Å². The quantitative estimate of drug-likeness (QED) is 0.692. The summed E-state index contributed by atoms with van der Waals surface area (Å²) in [7, 11) is 0. The third kappa shape index (κ3) is 4.46. The van der Waals surface area contributed by atoms with Crippen molar-refractivity contribution in [1.82, 2.24) is 10.2 Å². The van der Waals surface area contributed by atoms with Crippen molar-refractivity contribution in [2.45, 2.75) is 71.3 Å². The van der Waals surface area contributed by atoms with E-state index < -0.39 is 0 Å². The first-order valence-electron chi connectivity index (χ1n) is 9.11. The van der Waals surface area contributed by atoms with Crippen molar-refractivity contribution in [2.24, 2.45) is 17.3 Å². The van der Waals surface area contributed by atoms with Crippen LogP contribution in [0.2, 0.25) is 0 Å². The lowest BCUT2D eigenvalue weighted by molar-refractivity contribution is 0.137. The van der Waals surface area contributed by atoms with E-state index in [1.165, 1.54) is 77.5 Å². The highest BCUT2D eigenvalue weighted by molar-refractivity contribution is 4.92. The van der Waals surface area contributed by atoms with Gasteiger partial charge in [0.2, 0.25) is 0 Å². The van der Waals surface area contributed by atoms with E-state index in [2.05, 4.69) is 24.1 Å². The lowest BCUT2D eigenvalue weighted by Crippen LogP contribution is -2.45. The minimum atomic E-state index is 0.591. The van der Waals surface area contributed by atoms with Crippen molar-refractivity contribution in [3.63, 3.8) is 0 Å². The van der Waals surface area contributed by atoms with Gasteiger partial charge >= 0.3 is 0 Å². The molecule has 1 N–H and O–H groups in total. The molecule has 0 amide bonds. The summed E-state index contributed by atoms with van der Waals surface area (Å²) in [5, 5.41) is 3.74. The third-order valence-corrected chi connectivity index (χ3v) is 5.54. The molecule has 0 aromatic rings. The van der Waals surface area contributed by atoms with Crippen LogP contribution in [0.15, 0.2) is 0 Å². The number of hydrogen-bond donors (Lipinski definition) is 1. The number of rotatable bonds is 9. The summed E-state index contributed by atoms with van der Waals surface area (Å²) >= 11 is 0. The zero-order valence-electron chi connectivity index (χ0n) is 13.7. The second-order valence-electron chi connectivity index (χ2n) is 8.32. The van der Waals surface area contributed by atoms with Gasteiger partial charge in [-0.15, -0.1) is 0 Å². The van der Waals surface area contributed by atoms with Crippen LogP contribution in [0.4, 0.5) is 0 Å². The standard InChI is InChI=1S/C18H34N2/c1-15(2)19-13-18(9-3-4-10-18)14-20(11-16-5-6-16)12-17-7-8-17/h15-17,19H,3-14H2,1-2H3. The minimum absolute atomic E-state index is 0.591. The summed E-state index contributed by atoms with van der Waals surface area (Å²) in [6, 6.07) is 0.632. The third-order valence-electron chi connectivity index (χ3n) is 5.54. The zero-order valence-corrected chi connectivity index (χ0v) is 13.7. The average Bonchev–Trinajstić information content (AvgIpc) is 3.31. The van der Waals surface area contributed by atoms with Gasteiger partial charge in [0.1, 0.15) is 0 Å². The van der Waals surface area contributed by atoms with Gasteiger partial charge in [-0.3, -0.25) is 0 Å². The van der Waals surface area contributed by atoms with Crippen LogP contribution in [-0.2, 0) is 0 Å². The average molecular weight is 278 g/mol. The fraction of sp³-hybridized carbons (Fsp3) is 1.00. The summed E-state index contributed by atoms with van der Waals surface area (Å²) in [6.07, 6.45) is 11.8. The van der Waals surface area contributed by atoms with Crippen molar-refractivity contribution in [3.8, 4) is 0 Å². The van der Waals surface area contributed by atoms with Gasteiger partial charge in [0.05, 0.1) is 0 Å². The maximum atomic E-state index is 3.74. The van der Waals surface area contributed by atoms with Crippen LogP contribution >= 0.6 is 0 Å². The molecular weight excluding hydrogens is 244 g/mol. The smallest absolute Gasteiger partial charge is 0.00504 e. The second kappa shape index (κ2) is 6.36. The Morgan fingerprint density at radius 2 is 1.55 bits per heavy atom. The molecule has 3 aliphatic rings. The Hall–Kier alpha value is -0.0800. The Balaban J connectivity index is 1.56. The Labute approximate surface area is 125 Å². The Kier molecular flexibility index (Phi) is 4.72. The molecular formula is C18H34N2. The van der Waals surface area contributed by atoms with Gasteiger partial charge in [-0.1, -0.05) is 26.7 Å². The molecule has 0 aliphatic heterocycles. The molecule has 0 bridgehead atoms. The largest absolute Gasteiger partial charge is 0.314 e. The van der Waals surface area contributed by atoms with Crippen LogP contribution in [0.25, 0.3) is 0 Å². The van der Waals surface area contributed by atoms with Gasteiger partial charge in [-0.2, -0.15) is 0 Å². The van der Waals surface area contributed by atoms with E-state index in [4.69, 9.17) is 0 Å². The van der Waals surface area contributed by atoms with Crippen LogP contribution in [0, 0.1) is 17.3 Å². The molecule has 2 nitrogen and oxygen atoms in total. The molecule has 116 valence electrons. The Morgan fingerprint density at radius 1 is 1.00 bits per heavy atom. The highest BCUT2D eigenvalue weighted by Gasteiger charge is 2.38. The van der Waals surface area contributed by atoms with Crippen LogP contribution < -0.4 is 5.32 Å². The first kappa shape index (κ1) is 14.8. The maximum absolute atomic E-state index is 3.74. The zero-order chi connectivity index (χ0) is 14.0. The van der Waals surface area contributed by atoms with E-state index in [1.807, 2.05) is 0 Å². The molecule has 20 heavy (non-hydrogen) atoms. The molecule has 0 saturated heterocycles. The minimum Gasteiger partial charge on any atom is -0.314 e. The molecule has 0 radical (unpaired) electrons. The monoisotopic (exact) mass is 278 g/mol. The summed E-state index contributed by atoms with van der Waals surface area (Å²) in [6.45, 7) is 10.00. The summed E-state index contributed by atoms with van der Waals surface area (Å²) in [5.74, 6) is 2.09. The van der Waals surface area contributed by atoms with Gasteiger partial charge in [-0.25, -0.2) is 0 Å². The molecule has 2 heteroatoms. The van der Waals surface area contributed by atoms with Gasteiger partial charge in [-0.05, 0) is 55.8 Å².